The fourth-order valence-electron chi connectivity index (χ4n) is 0. The summed E-state index contributed by atoms with van der Waals surface area (Å²) in [5.74, 6) is 0. The Morgan fingerprint density at radius 1 is 1.08 bits per heavy atom. The SMILES string of the molecule is O=P(O)(O)O.[Fe+2].[Li+].[O-][Si]([O-])([O-])O. The van der Waals surface area contributed by atoms with Gasteiger partial charge in [-0.1, -0.05) is 0 Å². The van der Waals surface area contributed by atoms with Gasteiger partial charge in [0.15, 0.2) is 0 Å². The van der Waals surface area contributed by atoms with E-state index in [-0.39, 0.29) is 35.9 Å². The van der Waals surface area contributed by atoms with Crippen LogP contribution in [0.15, 0.2) is 0 Å². The summed E-state index contributed by atoms with van der Waals surface area (Å²) >= 11 is 0. The van der Waals surface area contributed by atoms with Crippen molar-refractivity contribution in [3.63, 3.8) is 0 Å². The summed E-state index contributed by atoms with van der Waals surface area (Å²) in [4.78, 5) is 54.6. The molecule has 0 spiro atoms. The second-order valence-electron chi connectivity index (χ2n) is 1.04. The Kier molecular flexibility index (Phi) is 17.2. The standard InChI is InChI=1S/Fe.Li.H3O4P.HO4Si/c;;2*1-5(2,3)4/h;;(H3,1,2,3,4);1H/q+2;+1;;-3. The fourth-order valence-corrected chi connectivity index (χ4v) is 0. The van der Waals surface area contributed by atoms with Crippen LogP contribution in [0.5, 0.6) is 0 Å². The second kappa shape index (κ2) is 8.86. The van der Waals surface area contributed by atoms with Crippen molar-refractivity contribution in [2.24, 2.45) is 0 Å². The van der Waals surface area contributed by atoms with Gasteiger partial charge in [0.25, 0.3) is 0 Å². The van der Waals surface area contributed by atoms with Crippen molar-refractivity contribution < 1.29 is 74.4 Å². The van der Waals surface area contributed by atoms with Crippen molar-refractivity contribution >= 4 is 16.9 Å². The van der Waals surface area contributed by atoms with Gasteiger partial charge in [0.2, 0.25) is 0 Å². The average Bonchev–Trinajstić information content (AvgIpc) is 1.12. The molecule has 0 aliphatic heterocycles. The van der Waals surface area contributed by atoms with Crippen molar-refractivity contribution in [3.8, 4) is 0 Å². The van der Waals surface area contributed by atoms with Crippen LogP contribution in [0.3, 0.4) is 0 Å². The second-order valence-corrected chi connectivity index (χ2v) is 3.11. The Morgan fingerprint density at radius 2 is 1.08 bits per heavy atom. The third-order valence-corrected chi connectivity index (χ3v) is 0. The molecule has 0 aromatic rings. The Balaban J connectivity index is -0.0000000457. The zero-order valence-electron chi connectivity index (χ0n) is 5.72. The minimum atomic E-state index is -5.36. The summed E-state index contributed by atoms with van der Waals surface area (Å²) < 4.78 is 8.88. The summed E-state index contributed by atoms with van der Waals surface area (Å²) in [7, 11) is -10.0. The largest absolute Gasteiger partial charge is 2.00 e. The Labute approximate surface area is 91.3 Å². The number of rotatable bonds is 0. The Bertz CT molecular complexity index is 111. The quantitative estimate of drug-likeness (QED) is 0.244. The van der Waals surface area contributed by atoms with E-state index in [2.05, 4.69) is 0 Å². The van der Waals surface area contributed by atoms with Gasteiger partial charge in [-0.3, -0.25) is 0 Å². The van der Waals surface area contributed by atoms with Gasteiger partial charge in [0.1, 0.15) is 0 Å². The van der Waals surface area contributed by atoms with E-state index in [0.717, 1.165) is 0 Å². The molecule has 0 saturated heterocycles. The van der Waals surface area contributed by atoms with Crippen LogP contribution in [0.4, 0.5) is 0 Å². The van der Waals surface area contributed by atoms with Crippen LogP contribution < -0.4 is 33.2 Å². The predicted octanol–water partition coefficient (Wildman–Crippen LogP) is -8.43. The Morgan fingerprint density at radius 3 is 1.08 bits per heavy atom. The fraction of sp³-hybridized carbons (Fsp3) is 0. The normalized spacial score (nSPS) is 9.92. The van der Waals surface area contributed by atoms with Crippen LogP contribution in [-0.2, 0) is 21.6 Å². The van der Waals surface area contributed by atoms with Gasteiger partial charge in [-0.15, -0.1) is 9.05 Å². The molecule has 12 heavy (non-hydrogen) atoms. The molecule has 0 saturated carbocycles. The van der Waals surface area contributed by atoms with Gasteiger partial charge in [-0.25, -0.2) is 4.57 Å². The molecule has 0 bridgehead atoms. The number of hydrogen-bond acceptors (Lipinski definition) is 5. The molecule has 0 amide bonds. The molecule has 0 aromatic carbocycles. The Hall–Kier alpha value is 1.28. The van der Waals surface area contributed by atoms with Gasteiger partial charge < -0.3 is 33.9 Å². The van der Waals surface area contributed by atoms with Gasteiger partial charge >= 0.3 is 43.8 Å². The van der Waals surface area contributed by atoms with E-state index in [0.29, 0.717) is 0 Å². The summed E-state index contributed by atoms with van der Waals surface area (Å²) in [6, 6.07) is 0. The molecule has 0 fully saturated rings. The maximum Gasteiger partial charge on any atom is 2.00 e. The van der Waals surface area contributed by atoms with Gasteiger partial charge in [0.05, 0.1) is 0 Å². The van der Waals surface area contributed by atoms with E-state index >= 15 is 0 Å². The first-order valence-electron chi connectivity index (χ1n) is 1.62. The summed E-state index contributed by atoms with van der Waals surface area (Å²) in [6.07, 6.45) is 0. The predicted molar refractivity (Wildman–Crippen MR) is 22.2 cm³/mol. The third-order valence-electron chi connectivity index (χ3n) is 0. The molecule has 0 heterocycles. The smallest absolute Gasteiger partial charge is 0.861 e. The van der Waals surface area contributed by atoms with E-state index in [1.54, 1.807) is 0 Å². The van der Waals surface area contributed by atoms with Crippen LogP contribution in [0, 0.1) is 0 Å². The van der Waals surface area contributed by atoms with Crippen LogP contribution in [-0.4, -0.2) is 28.5 Å². The van der Waals surface area contributed by atoms with Gasteiger partial charge in [-0.05, 0) is 0 Å². The van der Waals surface area contributed by atoms with Gasteiger partial charge in [-0.2, -0.15) is 0 Å². The molecule has 4 N–H and O–H groups in total. The van der Waals surface area contributed by atoms with Crippen molar-refractivity contribution in [1.29, 1.82) is 0 Å². The van der Waals surface area contributed by atoms with Gasteiger partial charge in [0, 0.05) is 0 Å². The van der Waals surface area contributed by atoms with E-state index in [1.807, 2.05) is 0 Å². The minimum absolute atomic E-state index is 0. The molecule has 12 heteroatoms. The van der Waals surface area contributed by atoms with Crippen molar-refractivity contribution in [1.82, 2.24) is 0 Å². The topological polar surface area (TPSA) is 167 Å². The van der Waals surface area contributed by atoms with E-state index in [1.165, 1.54) is 0 Å². The minimum Gasteiger partial charge on any atom is -0.861 e. The van der Waals surface area contributed by atoms with E-state index in [4.69, 9.17) is 38.4 Å². The molecule has 0 aliphatic carbocycles. The summed E-state index contributed by atoms with van der Waals surface area (Å²) in [5, 5.41) is 0. The van der Waals surface area contributed by atoms with E-state index in [9.17, 15) is 0 Å². The first-order chi connectivity index (χ1) is 4.00. The molecule has 70 valence electrons. The zero-order valence-corrected chi connectivity index (χ0v) is 8.72. The molecule has 8 nitrogen and oxygen atoms in total. The first kappa shape index (κ1) is 23.3. The van der Waals surface area contributed by atoms with Crippen LogP contribution in [0.1, 0.15) is 0 Å². The van der Waals surface area contributed by atoms with Crippen molar-refractivity contribution in [3.05, 3.63) is 0 Å². The van der Waals surface area contributed by atoms with Crippen LogP contribution >= 0.6 is 7.82 Å². The number of phosphoric acid groups is 1. The van der Waals surface area contributed by atoms with Crippen molar-refractivity contribution in [2.75, 3.05) is 0 Å². The molecule has 0 atom stereocenters. The first-order valence-corrected chi connectivity index (χ1v) is 4.86. The van der Waals surface area contributed by atoms with Crippen molar-refractivity contribution in [2.45, 2.75) is 0 Å². The van der Waals surface area contributed by atoms with Crippen LogP contribution in [0.25, 0.3) is 0 Å². The zero-order chi connectivity index (χ0) is 9.00. The molecular formula is H4FeLiO8PSi. The molecule has 0 unspecified atom stereocenters. The maximum atomic E-state index is 8.88. The molecule has 0 rings (SSSR count). The monoisotopic (exact) mass is 254 g/mol. The molecule has 0 aliphatic rings. The average molecular weight is 254 g/mol. The third kappa shape index (κ3) is 724. The number of hydrogen-bond donors (Lipinski definition) is 4. The summed E-state index contributed by atoms with van der Waals surface area (Å²) in [6.45, 7) is 0. The van der Waals surface area contributed by atoms with Crippen LogP contribution in [0.2, 0.25) is 0 Å². The molecule has 0 aromatic heterocycles. The molecule has 0 radical (unpaired) electrons. The molecular weight excluding hydrogens is 250 g/mol. The summed E-state index contributed by atoms with van der Waals surface area (Å²) in [5.41, 5.74) is 0. The van der Waals surface area contributed by atoms with E-state index < -0.39 is 16.9 Å². The maximum absolute atomic E-state index is 8.88.